The Bertz CT molecular complexity index is 1390. The summed E-state index contributed by atoms with van der Waals surface area (Å²) in [4.78, 5) is 8.90. The number of aromatic amines is 1. The minimum atomic E-state index is -3.40. The molecule has 0 amide bonds. The van der Waals surface area contributed by atoms with Crippen molar-refractivity contribution in [1.29, 1.82) is 0 Å². The quantitative estimate of drug-likeness (QED) is 0.602. The highest BCUT2D eigenvalue weighted by molar-refractivity contribution is 7.88. The SMILES string of the molecule is [2H]C([2H])([2H])C([2H])(Oc1c(-c2cn[nH]c2)nc([C@H]2CCN(S(C)(=O)=O)C[C@@H]2C)c2nc(N)nn12)C([2H])([2H])[2H]. The molecule has 3 N–H and O–H groups in total. The molecular weight excluding hydrogens is 408 g/mol. The Kier molecular flexibility index (Phi) is 3.39. The topological polar surface area (TPSA) is 144 Å². The van der Waals surface area contributed by atoms with Gasteiger partial charge in [-0.15, -0.1) is 5.10 Å². The zero-order valence-electron chi connectivity index (χ0n) is 23.3. The lowest BCUT2D eigenvalue weighted by Crippen LogP contribution is -2.41. The van der Waals surface area contributed by atoms with Gasteiger partial charge in [-0.3, -0.25) is 5.10 Å². The Morgan fingerprint density at radius 1 is 1.43 bits per heavy atom. The number of sulfonamides is 1. The van der Waals surface area contributed by atoms with E-state index in [0.717, 1.165) is 10.8 Å². The number of hydrogen-bond donors (Lipinski definition) is 2. The van der Waals surface area contributed by atoms with Crippen LogP contribution in [0, 0.1) is 5.92 Å². The highest BCUT2D eigenvalue weighted by Gasteiger charge is 2.35. The Morgan fingerprint density at radius 2 is 2.23 bits per heavy atom. The molecule has 0 spiro atoms. The Morgan fingerprint density at radius 3 is 2.87 bits per heavy atom. The lowest BCUT2D eigenvalue weighted by atomic mass is 9.85. The predicted octanol–water partition coefficient (Wildman–Crippen LogP) is 1.27. The van der Waals surface area contributed by atoms with Crippen molar-refractivity contribution in [1.82, 2.24) is 34.1 Å². The summed E-state index contributed by atoms with van der Waals surface area (Å²) >= 11 is 0. The second-order valence-electron chi connectivity index (χ2n) is 7.27. The molecule has 11 nitrogen and oxygen atoms in total. The van der Waals surface area contributed by atoms with Crippen LogP contribution in [0.25, 0.3) is 16.9 Å². The molecule has 1 aliphatic heterocycles. The normalized spacial score (nSPS) is 25.5. The number of piperidine rings is 1. The van der Waals surface area contributed by atoms with Gasteiger partial charge in [0.15, 0.2) is 5.65 Å². The molecule has 2 atom stereocenters. The van der Waals surface area contributed by atoms with E-state index in [1.165, 1.54) is 16.7 Å². The average molecular weight is 442 g/mol. The van der Waals surface area contributed by atoms with Gasteiger partial charge in [-0.25, -0.2) is 17.7 Å². The van der Waals surface area contributed by atoms with E-state index >= 15 is 0 Å². The molecule has 1 aliphatic rings. The van der Waals surface area contributed by atoms with Crippen molar-refractivity contribution in [3.8, 4) is 17.1 Å². The summed E-state index contributed by atoms with van der Waals surface area (Å²) in [5, 5.41) is 10.6. The minimum absolute atomic E-state index is 0.0379. The van der Waals surface area contributed by atoms with Gasteiger partial charge in [-0.2, -0.15) is 14.6 Å². The first-order valence-electron chi connectivity index (χ1n) is 12.6. The highest BCUT2D eigenvalue weighted by Crippen LogP contribution is 2.38. The second kappa shape index (κ2) is 7.51. The lowest BCUT2D eigenvalue weighted by Gasteiger charge is -2.35. The van der Waals surface area contributed by atoms with Gasteiger partial charge < -0.3 is 10.5 Å². The molecule has 0 aromatic carbocycles. The number of nitrogens with zero attached hydrogens (tertiary/aromatic N) is 6. The summed E-state index contributed by atoms with van der Waals surface area (Å²) < 4.78 is 86.9. The van der Waals surface area contributed by atoms with Crippen molar-refractivity contribution in [3.63, 3.8) is 0 Å². The maximum absolute atomic E-state index is 12.1. The Labute approximate surface area is 184 Å². The number of fused-ring (bicyclic) bond motifs is 1. The van der Waals surface area contributed by atoms with Crippen LogP contribution in [0.5, 0.6) is 5.88 Å². The zero-order chi connectivity index (χ0) is 27.6. The maximum atomic E-state index is 12.1. The lowest BCUT2D eigenvalue weighted by molar-refractivity contribution is 0.225. The molecule has 12 heteroatoms. The molecule has 162 valence electrons. The third-order valence-corrected chi connectivity index (χ3v) is 6.41. The summed E-state index contributed by atoms with van der Waals surface area (Å²) in [6, 6.07) is 0. The molecule has 0 bridgehead atoms. The van der Waals surface area contributed by atoms with E-state index in [9.17, 15) is 8.42 Å². The van der Waals surface area contributed by atoms with Crippen LogP contribution in [-0.2, 0) is 10.0 Å². The smallest absolute Gasteiger partial charge is 0.244 e. The fourth-order valence-electron chi connectivity index (χ4n) is 3.77. The third-order valence-electron chi connectivity index (χ3n) is 5.14. The number of rotatable bonds is 5. The molecule has 1 saturated heterocycles. The van der Waals surface area contributed by atoms with Gasteiger partial charge in [0, 0.05) is 39.0 Å². The molecular formula is C18H26N8O3S. The first kappa shape index (κ1) is 13.5. The predicted molar refractivity (Wildman–Crippen MR) is 111 cm³/mol. The number of aromatic nitrogens is 6. The van der Waals surface area contributed by atoms with Crippen LogP contribution in [0.3, 0.4) is 0 Å². The first-order chi connectivity index (χ1) is 16.9. The van der Waals surface area contributed by atoms with Gasteiger partial charge in [-0.1, -0.05) is 6.92 Å². The van der Waals surface area contributed by atoms with Gasteiger partial charge in [-0.05, 0) is 26.0 Å². The number of H-pyrrole nitrogens is 1. The number of nitrogen functional groups attached to an aromatic ring is 1. The zero-order valence-corrected chi connectivity index (χ0v) is 17.1. The standard InChI is InChI=1S/C18H26N8O3S/c1-10(2)29-17-14(12-7-20-21-8-12)22-15(16-23-18(19)24-26(16)17)13-5-6-25(9-11(13)3)30(4,27)28/h7-8,10-11,13H,5-6,9H2,1-4H3,(H2,19,24)(H,20,21)/t11-,13-/m0/s1/i1D3,2D3,10D. The summed E-state index contributed by atoms with van der Waals surface area (Å²) in [5.74, 6) is -1.21. The summed E-state index contributed by atoms with van der Waals surface area (Å²) in [7, 11) is -3.40. The van der Waals surface area contributed by atoms with E-state index in [2.05, 4.69) is 25.3 Å². The molecule has 0 radical (unpaired) electrons. The van der Waals surface area contributed by atoms with E-state index < -0.39 is 35.7 Å². The van der Waals surface area contributed by atoms with Crippen molar-refractivity contribution in [2.24, 2.45) is 5.92 Å². The minimum Gasteiger partial charge on any atom is -0.473 e. The molecule has 1 fully saturated rings. The summed E-state index contributed by atoms with van der Waals surface area (Å²) in [6.45, 7) is -4.46. The number of ether oxygens (including phenoxy) is 1. The summed E-state index contributed by atoms with van der Waals surface area (Å²) in [5.41, 5.74) is 6.59. The van der Waals surface area contributed by atoms with Gasteiger partial charge >= 0.3 is 0 Å². The average Bonchev–Trinajstić information content (AvgIpc) is 3.41. The molecule has 0 saturated carbocycles. The number of anilines is 1. The van der Waals surface area contributed by atoms with Crippen molar-refractivity contribution in [2.45, 2.75) is 39.0 Å². The number of hydrogen-bond acceptors (Lipinski definition) is 8. The van der Waals surface area contributed by atoms with Gasteiger partial charge in [0.2, 0.25) is 21.9 Å². The second-order valence-corrected chi connectivity index (χ2v) is 9.25. The summed E-state index contributed by atoms with van der Waals surface area (Å²) in [6.07, 6.45) is 0.932. The van der Waals surface area contributed by atoms with Gasteiger partial charge in [0.05, 0.1) is 25.6 Å². The molecule has 3 aromatic heterocycles. The first-order valence-corrected chi connectivity index (χ1v) is 11.0. The van der Waals surface area contributed by atoms with Crippen molar-refractivity contribution >= 4 is 21.6 Å². The Hall–Kier alpha value is -2.73. The molecule has 0 aliphatic carbocycles. The van der Waals surface area contributed by atoms with Gasteiger partial charge in [0.1, 0.15) is 5.69 Å². The van der Waals surface area contributed by atoms with Gasteiger partial charge in [0.25, 0.3) is 0 Å². The number of nitrogens with two attached hydrogens (primary N) is 1. The Balaban J connectivity index is 1.94. The van der Waals surface area contributed by atoms with E-state index in [1.807, 2.05) is 6.92 Å². The van der Waals surface area contributed by atoms with E-state index in [1.54, 1.807) is 0 Å². The largest absolute Gasteiger partial charge is 0.473 e. The molecule has 3 aromatic rings. The molecule has 4 heterocycles. The van der Waals surface area contributed by atoms with Crippen LogP contribution in [0.2, 0.25) is 0 Å². The van der Waals surface area contributed by atoms with Crippen LogP contribution < -0.4 is 10.5 Å². The van der Waals surface area contributed by atoms with Crippen LogP contribution >= 0.6 is 0 Å². The van der Waals surface area contributed by atoms with Crippen LogP contribution in [-0.4, -0.2) is 67.9 Å². The van der Waals surface area contributed by atoms with E-state index in [0.29, 0.717) is 17.7 Å². The highest BCUT2D eigenvalue weighted by atomic mass is 32.2. The van der Waals surface area contributed by atoms with Crippen LogP contribution in [0.4, 0.5) is 5.95 Å². The fourth-order valence-corrected chi connectivity index (χ4v) is 4.72. The van der Waals surface area contributed by atoms with Crippen molar-refractivity contribution < 1.29 is 22.7 Å². The maximum Gasteiger partial charge on any atom is 0.244 e. The monoisotopic (exact) mass is 441 g/mol. The molecule has 30 heavy (non-hydrogen) atoms. The third kappa shape index (κ3) is 3.72. The molecule has 0 unspecified atom stereocenters. The van der Waals surface area contributed by atoms with Crippen LogP contribution in [0.15, 0.2) is 12.4 Å². The molecule has 4 rings (SSSR count). The number of nitrogens with one attached hydrogen (secondary N) is 1. The van der Waals surface area contributed by atoms with Crippen molar-refractivity contribution in [3.05, 3.63) is 18.1 Å². The van der Waals surface area contributed by atoms with Crippen molar-refractivity contribution in [2.75, 3.05) is 25.1 Å². The van der Waals surface area contributed by atoms with E-state index in [4.69, 9.17) is 20.1 Å². The fraction of sp³-hybridized carbons (Fsp3) is 0.556. The van der Waals surface area contributed by atoms with Crippen LogP contribution in [0.1, 0.15) is 48.3 Å². The van der Waals surface area contributed by atoms with E-state index in [-0.39, 0.29) is 42.2 Å².